The van der Waals surface area contributed by atoms with E-state index in [9.17, 15) is 0 Å². The molecule has 3 nitrogen and oxygen atoms in total. The fraction of sp³-hybridized carbons (Fsp3) is 0.800. The predicted molar refractivity (Wildman–Crippen MR) is 67.5 cm³/mol. The van der Waals surface area contributed by atoms with Gasteiger partial charge in [0.15, 0.2) is 3.92 Å². The lowest BCUT2D eigenvalue weighted by molar-refractivity contribution is 0.636. The van der Waals surface area contributed by atoms with E-state index in [-0.39, 0.29) is 0 Å². The Morgan fingerprint density at radius 2 is 1.53 bits per heavy atom. The van der Waals surface area contributed by atoms with E-state index >= 15 is 0 Å². The SMILES string of the molecule is Brc1nnc(N2CCCCCCCC2)s1. The molecule has 5 heteroatoms. The minimum absolute atomic E-state index is 0.886. The zero-order chi connectivity index (χ0) is 10.5. The van der Waals surface area contributed by atoms with Gasteiger partial charge in [-0.25, -0.2) is 0 Å². The van der Waals surface area contributed by atoms with Gasteiger partial charge in [0.1, 0.15) is 0 Å². The molecule has 0 amide bonds. The molecule has 0 saturated carbocycles. The van der Waals surface area contributed by atoms with E-state index in [1.807, 2.05) is 0 Å². The topological polar surface area (TPSA) is 29.0 Å². The highest BCUT2D eigenvalue weighted by atomic mass is 79.9. The molecule has 2 rings (SSSR count). The van der Waals surface area contributed by atoms with E-state index in [0.29, 0.717) is 0 Å². The Morgan fingerprint density at radius 3 is 2.07 bits per heavy atom. The van der Waals surface area contributed by atoms with E-state index in [4.69, 9.17) is 0 Å². The van der Waals surface area contributed by atoms with E-state index in [1.165, 1.54) is 38.5 Å². The normalized spacial score (nSPS) is 19.4. The van der Waals surface area contributed by atoms with Crippen LogP contribution in [0, 0.1) is 0 Å². The second kappa shape index (κ2) is 5.80. The Labute approximate surface area is 103 Å². The standard InChI is InChI=1S/C10H16BrN3S/c11-9-12-13-10(15-9)14-7-5-3-1-2-4-6-8-14/h1-8H2. The maximum absolute atomic E-state index is 4.19. The molecule has 0 radical (unpaired) electrons. The molecule has 1 aliphatic heterocycles. The molecule has 1 aromatic rings. The summed E-state index contributed by atoms with van der Waals surface area (Å²) >= 11 is 5.00. The average Bonchev–Trinajstić information content (AvgIpc) is 2.69. The first-order valence-electron chi connectivity index (χ1n) is 5.60. The molecule has 0 unspecified atom stereocenters. The van der Waals surface area contributed by atoms with Crippen LogP contribution in [-0.4, -0.2) is 23.3 Å². The summed E-state index contributed by atoms with van der Waals surface area (Å²) in [6.07, 6.45) is 8.09. The molecule has 0 spiro atoms. The molecule has 0 aliphatic carbocycles. The molecule has 2 heterocycles. The van der Waals surface area contributed by atoms with Crippen molar-refractivity contribution in [1.82, 2.24) is 10.2 Å². The summed E-state index contributed by atoms with van der Waals surface area (Å²) in [4.78, 5) is 2.38. The van der Waals surface area contributed by atoms with Crippen molar-refractivity contribution in [2.24, 2.45) is 0 Å². The van der Waals surface area contributed by atoms with Crippen LogP contribution in [-0.2, 0) is 0 Å². The van der Waals surface area contributed by atoms with Crippen molar-refractivity contribution in [3.8, 4) is 0 Å². The number of hydrogen-bond acceptors (Lipinski definition) is 4. The van der Waals surface area contributed by atoms with Crippen LogP contribution in [0.5, 0.6) is 0 Å². The van der Waals surface area contributed by atoms with Crippen LogP contribution in [0.15, 0.2) is 3.92 Å². The number of nitrogens with zero attached hydrogens (tertiary/aromatic N) is 3. The maximum Gasteiger partial charge on any atom is 0.209 e. The fourth-order valence-corrected chi connectivity index (χ4v) is 3.08. The third-order valence-electron chi connectivity index (χ3n) is 2.77. The first kappa shape index (κ1) is 11.3. The highest BCUT2D eigenvalue weighted by Gasteiger charge is 2.12. The van der Waals surface area contributed by atoms with Crippen molar-refractivity contribution in [1.29, 1.82) is 0 Å². The summed E-state index contributed by atoms with van der Waals surface area (Å²) in [6, 6.07) is 0. The highest BCUT2D eigenvalue weighted by Crippen LogP contribution is 2.25. The zero-order valence-electron chi connectivity index (χ0n) is 8.78. The lowest BCUT2D eigenvalue weighted by Crippen LogP contribution is -2.25. The molecule has 84 valence electrons. The van der Waals surface area contributed by atoms with Crippen molar-refractivity contribution in [2.75, 3.05) is 18.0 Å². The summed E-state index contributed by atoms with van der Waals surface area (Å²) in [5, 5.41) is 9.28. The Hall–Kier alpha value is -0.160. The second-order valence-corrected chi connectivity index (χ2v) is 6.18. The highest BCUT2D eigenvalue weighted by molar-refractivity contribution is 9.11. The van der Waals surface area contributed by atoms with Gasteiger partial charge in [0.25, 0.3) is 0 Å². The summed E-state index contributed by atoms with van der Waals surface area (Å²) < 4.78 is 0.886. The van der Waals surface area contributed by atoms with Crippen LogP contribution >= 0.6 is 27.3 Å². The van der Waals surface area contributed by atoms with Crippen LogP contribution in [0.2, 0.25) is 0 Å². The molecular weight excluding hydrogens is 274 g/mol. The average molecular weight is 290 g/mol. The molecule has 0 bridgehead atoms. The van der Waals surface area contributed by atoms with E-state index in [2.05, 4.69) is 31.0 Å². The molecule has 0 atom stereocenters. The van der Waals surface area contributed by atoms with Gasteiger partial charge in [-0.3, -0.25) is 0 Å². The van der Waals surface area contributed by atoms with Gasteiger partial charge >= 0.3 is 0 Å². The molecule has 1 saturated heterocycles. The number of hydrogen-bond donors (Lipinski definition) is 0. The van der Waals surface area contributed by atoms with Crippen molar-refractivity contribution >= 4 is 32.4 Å². The Bertz CT molecular complexity index is 293. The van der Waals surface area contributed by atoms with Gasteiger partial charge in [-0.15, -0.1) is 10.2 Å². The minimum Gasteiger partial charge on any atom is -0.347 e. The van der Waals surface area contributed by atoms with Crippen LogP contribution in [0.25, 0.3) is 0 Å². The van der Waals surface area contributed by atoms with Gasteiger partial charge in [-0.1, -0.05) is 37.0 Å². The van der Waals surface area contributed by atoms with E-state index in [1.54, 1.807) is 11.3 Å². The van der Waals surface area contributed by atoms with Crippen molar-refractivity contribution in [2.45, 2.75) is 38.5 Å². The van der Waals surface area contributed by atoms with Crippen LogP contribution in [0.4, 0.5) is 5.13 Å². The van der Waals surface area contributed by atoms with Crippen LogP contribution in [0.3, 0.4) is 0 Å². The van der Waals surface area contributed by atoms with Gasteiger partial charge in [0.2, 0.25) is 5.13 Å². The summed E-state index contributed by atoms with van der Waals surface area (Å²) in [6.45, 7) is 2.28. The largest absolute Gasteiger partial charge is 0.347 e. The first-order chi connectivity index (χ1) is 7.36. The predicted octanol–water partition coefficient (Wildman–Crippen LogP) is 3.46. The van der Waals surface area contributed by atoms with Gasteiger partial charge in [-0.2, -0.15) is 0 Å². The fourth-order valence-electron chi connectivity index (χ4n) is 1.94. The summed E-state index contributed by atoms with van der Waals surface area (Å²) in [7, 11) is 0. The molecule has 1 aliphatic rings. The smallest absolute Gasteiger partial charge is 0.209 e. The molecule has 15 heavy (non-hydrogen) atoms. The van der Waals surface area contributed by atoms with E-state index < -0.39 is 0 Å². The second-order valence-electron chi connectivity index (χ2n) is 3.95. The van der Waals surface area contributed by atoms with Crippen molar-refractivity contribution < 1.29 is 0 Å². The lowest BCUT2D eigenvalue weighted by atomic mass is 10.1. The van der Waals surface area contributed by atoms with Crippen LogP contribution < -0.4 is 4.90 Å². The van der Waals surface area contributed by atoms with Crippen molar-refractivity contribution in [3.63, 3.8) is 0 Å². The van der Waals surface area contributed by atoms with Gasteiger partial charge < -0.3 is 4.90 Å². The molecule has 1 aromatic heterocycles. The molecule has 1 fully saturated rings. The van der Waals surface area contributed by atoms with Gasteiger partial charge in [0, 0.05) is 13.1 Å². The van der Waals surface area contributed by atoms with Gasteiger partial charge in [-0.05, 0) is 28.8 Å². The van der Waals surface area contributed by atoms with Crippen LogP contribution in [0.1, 0.15) is 38.5 Å². The maximum atomic E-state index is 4.19. The van der Waals surface area contributed by atoms with E-state index in [0.717, 1.165) is 22.1 Å². The van der Waals surface area contributed by atoms with Crippen molar-refractivity contribution in [3.05, 3.63) is 3.92 Å². The molecule has 0 N–H and O–H groups in total. The Balaban J connectivity index is 1.98. The molecule has 0 aromatic carbocycles. The number of rotatable bonds is 1. The number of anilines is 1. The summed E-state index contributed by atoms with van der Waals surface area (Å²) in [5.74, 6) is 0. The third kappa shape index (κ3) is 3.41. The Kier molecular flexibility index (Phi) is 4.38. The quantitative estimate of drug-likeness (QED) is 0.793. The lowest BCUT2D eigenvalue weighted by Gasteiger charge is -2.19. The molecular formula is C10H16BrN3S. The zero-order valence-corrected chi connectivity index (χ0v) is 11.2. The summed E-state index contributed by atoms with van der Waals surface area (Å²) in [5.41, 5.74) is 0. The minimum atomic E-state index is 0.886. The Morgan fingerprint density at radius 1 is 0.933 bits per heavy atom. The number of aromatic nitrogens is 2. The van der Waals surface area contributed by atoms with Gasteiger partial charge in [0.05, 0.1) is 0 Å². The third-order valence-corrected chi connectivity index (χ3v) is 4.18. The number of halogens is 1. The monoisotopic (exact) mass is 289 g/mol. The first-order valence-corrected chi connectivity index (χ1v) is 7.21.